The summed E-state index contributed by atoms with van der Waals surface area (Å²) in [4.78, 5) is 20.3. The van der Waals surface area contributed by atoms with Crippen LogP contribution in [-0.2, 0) is 4.79 Å². The summed E-state index contributed by atoms with van der Waals surface area (Å²) in [5.41, 5.74) is -0.315. The molecule has 0 bridgehead atoms. The Bertz CT molecular complexity index is 419. The third-order valence-electron chi connectivity index (χ3n) is 1.72. The number of aliphatic hydroxyl groups is 1. The molecule has 1 aromatic rings. The Hall–Kier alpha value is -1.47. The number of benzene rings is 1. The van der Waals surface area contributed by atoms with Gasteiger partial charge in [-0.05, 0) is 27.6 Å². The van der Waals surface area contributed by atoms with E-state index in [2.05, 4.69) is 15.9 Å². The van der Waals surface area contributed by atoms with E-state index in [4.69, 9.17) is 10.2 Å². The van der Waals surface area contributed by atoms with Crippen molar-refractivity contribution >= 4 is 27.6 Å². The zero-order valence-corrected chi connectivity index (χ0v) is 8.84. The van der Waals surface area contributed by atoms with Gasteiger partial charge in [-0.25, -0.2) is 4.79 Å². The lowest BCUT2D eigenvalue weighted by Gasteiger charge is -2.05. The van der Waals surface area contributed by atoms with Crippen LogP contribution in [-0.4, -0.2) is 21.1 Å². The average molecular weight is 276 g/mol. The normalized spacial score (nSPS) is 12.1. The molecule has 1 aromatic carbocycles. The summed E-state index contributed by atoms with van der Waals surface area (Å²) >= 11 is 2.95. The second-order valence-corrected chi connectivity index (χ2v) is 3.56. The van der Waals surface area contributed by atoms with Gasteiger partial charge in [0.05, 0.1) is 9.40 Å². The first-order chi connectivity index (χ1) is 6.93. The summed E-state index contributed by atoms with van der Waals surface area (Å²) in [6.07, 6.45) is -1.75. The smallest absolute Gasteiger partial charge is 0.337 e. The molecule has 7 heteroatoms. The van der Waals surface area contributed by atoms with E-state index >= 15 is 0 Å². The maximum atomic E-state index is 10.5. The number of rotatable bonds is 3. The lowest BCUT2D eigenvalue weighted by Crippen LogP contribution is -2.10. The van der Waals surface area contributed by atoms with Crippen molar-refractivity contribution in [1.29, 1.82) is 0 Å². The number of nitrogens with zero attached hydrogens (tertiary/aromatic N) is 1. The van der Waals surface area contributed by atoms with Gasteiger partial charge in [0.25, 0.3) is 5.69 Å². The predicted octanol–water partition coefficient (Wildman–Crippen LogP) is 1.48. The van der Waals surface area contributed by atoms with E-state index in [1.165, 1.54) is 12.1 Å². The maximum Gasteiger partial charge on any atom is 0.337 e. The van der Waals surface area contributed by atoms with Gasteiger partial charge >= 0.3 is 5.97 Å². The average Bonchev–Trinajstić information content (AvgIpc) is 2.16. The fraction of sp³-hybridized carbons (Fsp3) is 0.125. The van der Waals surface area contributed by atoms with E-state index in [9.17, 15) is 14.9 Å². The van der Waals surface area contributed by atoms with Crippen molar-refractivity contribution in [2.24, 2.45) is 0 Å². The number of carboxylic acids is 1. The fourth-order valence-corrected chi connectivity index (χ4v) is 1.37. The molecule has 0 aliphatic heterocycles. The molecule has 0 unspecified atom stereocenters. The van der Waals surface area contributed by atoms with Crippen molar-refractivity contribution in [3.05, 3.63) is 38.3 Å². The Balaban J connectivity index is 3.18. The largest absolute Gasteiger partial charge is 0.479 e. The van der Waals surface area contributed by atoms with Gasteiger partial charge in [0.2, 0.25) is 0 Å². The summed E-state index contributed by atoms with van der Waals surface area (Å²) in [5, 5.41) is 28.2. The molecule has 0 aliphatic carbocycles. The number of hydrogen-bond donors (Lipinski definition) is 2. The second-order valence-electron chi connectivity index (χ2n) is 2.71. The molecule has 0 fully saturated rings. The van der Waals surface area contributed by atoms with Crippen LogP contribution in [0.2, 0.25) is 0 Å². The van der Waals surface area contributed by atoms with Crippen LogP contribution in [0.3, 0.4) is 0 Å². The first-order valence-corrected chi connectivity index (χ1v) is 4.57. The molecule has 0 aromatic heterocycles. The molecule has 0 saturated heterocycles. The molecule has 6 nitrogen and oxygen atoms in total. The minimum atomic E-state index is -1.75. The van der Waals surface area contributed by atoms with Crippen LogP contribution >= 0.6 is 15.9 Å². The fourth-order valence-electron chi connectivity index (χ4n) is 0.982. The molecule has 15 heavy (non-hydrogen) atoms. The third-order valence-corrected chi connectivity index (χ3v) is 2.39. The van der Waals surface area contributed by atoms with Crippen molar-refractivity contribution in [1.82, 2.24) is 0 Å². The molecule has 0 aliphatic rings. The van der Waals surface area contributed by atoms with E-state index in [1.54, 1.807) is 0 Å². The lowest BCUT2D eigenvalue weighted by molar-refractivity contribution is -0.385. The third kappa shape index (κ3) is 2.51. The van der Waals surface area contributed by atoms with Crippen molar-refractivity contribution in [2.45, 2.75) is 6.10 Å². The summed E-state index contributed by atoms with van der Waals surface area (Å²) in [5.74, 6) is -1.45. The summed E-state index contributed by atoms with van der Waals surface area (Å²) < 4.78 is 0.230. The van der Waals surface area contributed by atoms with E-state index in [0.717, 1.165) is 6.07 Å². The van der Waals surface area contributed by atoms with Gasteiger partial charge in [-0.15, -0.1) is 0 Å². The van der Waals surface area contributed by atoms with Gasteiger partial charge in [-0.2, -0.15) is 0 Å². The zero-order valence-electron chi connectivity index (χ0n) is 7.25. The second kappa shape index (κ2) is 4.37. The van der Waals surface area contributed by atoms with Crippen LogP contribution in [0.15, 0.2) is 22.7 Å². The Morgan fingerprint density at radius 2 is 2.13 bits per heavy atom. The molecule has 0 spiro atoms. The molecule has 1 atom stereocenters. The molecule has 0 heterocycles. The molecule has 0 radical (unpaired) electrons. The number of aliphatic hydroxyl groups excluding tert-OH is 1. The minimum absolute atomic E-state index is 0.0302. The van der Waals surface area contributed by atoms with Crippen molar-refractivity contribution in [3.8, 4) is 0 Å². The van der Waals surface area contributed by atoms with Crippen LogP contribution in [0.5, 0.6) is 0 Å². The molecule has 2 N–H and O–H groups in total. The summed E-state index contributed by atoms with van der Waals surface area (Å²) in [6, 6.07) is 3.64. The van der Waals surface area contributed by atoms with Crippen molar-refractivity contribution in [3.63, 3.8) is 0 Å². The SMILES string of the molecule is O=C(O)[C@H](O)c1ccc(Br)c([N+](=O)[O-])c1. The highest BCUT2D eigenvalue weighted by atomic mass is 79.9. The van der Waals surface area contributed by atoms with Gasteiger partial charge < -0.3 is 10.2 Å². The lowest BCUT2D eigenvalue weighted by atomic mass is 10.1. The van der Waals surface area contributed by atoms with E-state index in [-0.39, 0.29) is 15.7 Å². The molecular weight excluding hydrogens is 270 g/mol. The first-order valence-electron chi connectivity index (χ1n) is 3.78. The highest BCUT2D eigenvalue weighted by Crippen LogP contribution is 2.28. The van der Waals surface area contributed by atoms with Gasteiger partial charge in [-0.1, -0.05) is 6.07 Å². The van der Waals surface area contributed by atoms with E-state index in [0.29, 0.717) is 0 Å². The summed E-state index contributed by atoms with van der Waals surface area (Å²) in [7, 11) is 0. The van der Waals surface area contributed by atoms with Crippen LogP contribution in [0.1, 0.15) is 11.7 Å². The minimum Gasteiger partial charge on any atom is -0.479 e. The number of nitro groups is 1. The topological polar surface area (TPSA) is 101 Å². The Morgan fingerprint density at radius 3 is 2.60 bits per heavy atom. The van der Waals surface area contributed by atoms with Crippen molar-refractivity contribution < 1.29 is 19.9 Å². The number of carboxylic acid groups (broad SMARTS) is 1. The Kier molecular flexibility index (Phi) is 3.38. The van der Waals surface area contributed by atoms with E-state index < -0.39 is 17.0 Å². The van der Waals surface area contributed by atoms with Gasteiger partial charge in [0.15, 0.2) is 6.10 Å². The first kappa shape index (κ1) is 11.6. The van der Waals surface area contributed by atoms with Gasteiger partial charge in [-0.3, -0.25) is 10.1 Å². The highest BCUT2D eigenvalue weighted by molar-refractivity contribution is 9.10. The number of aliphatic carboxylic acids is 1. The number of hydrogen-bond acceptors (Lipinski definition) is 4. The Morgan fingerprint density at radius 1 is 1.53 bits per heavy atom. The molecule has 0 amide bonds. The van der Waals surface area contributed by atoms with Crippen LogP contribution in [0.4, 0.5) is 5.69 Å². The van der Waals surface area contributed by atoms with Crippen LogP contribution in [0.25, 0.3) is 0 Å². The standard InChI is InChI=1S/C8H6BrNO5/c9-5-2-1-4(7(11)8(12)13)3-6(5)10(14)15/h1-3,7,11H,(H,12,13)/t7-/m1/s1. The summed E-state index contributed by atoms with van der Waals surface area (Å²) in [6.45, 7) is 0. The highest BCUT2D eigenvalue weighted by Gasteiger charge is 2.20. The molecule has 1 rings (SSSR count). The number of nitro benzene ring substituents is 1. The van der Waals surface area contributed by atoms with E-state index in [1.807, 2.05) is 0 Å². The van der Waals surface area contributed by atoms with Crippen molar-refractivity contribution in [2.75, 3.05) is 0 Å². The number of carbonyl (C=O) groups is 1. The molecular formula is C8H6BrNO5. The predicted molar refractivity (Wildman–Crippen MR) is 53.4 cm³/mol. The Labute approximate surface area is 92.4 Å². The quantitative estimate of drug-likeness (QED) is 0.643. The maximum absolute atomic E-state index is 10.5. The van der Waals surface area contributed by atoms with Gasteiger partial charge in [0.1, 0.15) is 0 Å². The number of halogens is 1. The van der Waals surface area contributed by atoms with Gasteiger partial charge in [0, 0.05) is 6.07 Å². The monoisotopic (exact) mass is 275 g/mol. The zero-order chi connectivity index (χ0) is 11.6. The molecule has 0 saturated carbocycles. The molecule has 80 valence electrons. The van der Waals surface area contributed by atoms with Crippen LogP contribution < -0.4 is 0 Å². The van der Waals surface area contributed by atoms with Crippen LogP contribution in [0, 0.1) is 10.1 Å².